The number of amides is 1. The van der Waals surface area contributed by atoms with Crippen LogP contribution >= 0.6 is 0 Å². The van der Waals surface area contributed by atoms with Crippen molar-refractivity contribution in [2.45, 2.75) is 20.0 Å². The molecule has 0 fully saturated rings. The van der Waals surface area contributed by atoms with Gasteiger partial charge in [-0.2, -0.15) is 0 Å². The number of rotatable bonds is 6. The predicted molar refractivity (Wildman–Crippen MR) is 87.5 cm³/mol. The van der Waals surface area contributed by atoms with Crippen LogP contribution in [0.4, 0.5) is 10.1 Å². The van der Waals surface area contributed by atoms with E-state index in [1.165, 1.54) is 25.1 Å². The molecule has 0 aliphatic carbocycles. The zero-order chi connectivity index (χ0) is 17.5. The molecule has 2 aromatic carbocycles. The van der Waals surface area contributed by atoms with Crippen molar-refractivity contribution in [2.75, 3.05) is 11.9 Å². The Balaban J connectivity index is 2.09. The molecule has 0 bridgehead atoms. The van der Waals surface area contributed by atoms with Gasteiger partial charge in [-0.3, -0.25) is 4.79 Å². The molecule has 126 valence electrons. The van der Waals surface area contributed by atoms with Gasteiger partial charge in [0.2, 0.25) is 0 Å². The third-order valence-corrected chi connectivity index (χ3v) is 3.19. The first-order chi connectivity index (χ1) is 11.5. The third-order valence-electron chi connectivity index (χ3n) is 3.19. The summed E-state index contributed by atoms with van der Waals surface area (Å²) in [5, 5.41) is 2.45. The van der Waals surface area contributed by atoms with Crippen molar-refractivity contribution in [2.24, 2.45) is 0 Å². The van der Waals surface area contributed by atoms with E-state index in [0.29, 0.717) is 0 Å². The summed E-state index contributed by atoms with van der Waals surface area (Å²) in [4.78, 5) is 24.1. The summed E-state index contributed by atoms with van der Waals surface area (Å²) in [5.74, 6) is -1.37. The predicted octanol–water partition coefficient (Wildman–Crippen LogP) is 3.41. The molecule has 0 unspecified atom stereocenters. The van der Waals surface area contributed by atoms with E-state index < -0.39 is 23.8 Å². The maximum Gasteiger partial charge on any atom is 0.341 e. The number of halogens is 1. The van der Waals surface area contributed by atoms with Crippen LogP contribution < -0.4 is 10.1 Å². The quantitative estimate of drug-likeness (QED) is 0.824. The summed E-state index contributed by atoms with van der Waals surface area (Å²) in [6.45, 7) is 3.44. The molecule has 0 spiro atoms. The Kier molecular flexibility index (Phi) is 5.89. The van der Waals surface area contributed by atoms with Gasteiger partial charge in [0, 0.05) is 0 Å². The van der Waals surface area contributed by atoms with E-state index in [0.717, 1.165) is 0 Å². The van der Waals surface area contributed by atoms with Crippen molar-refractivity contribution < 1.29 is 23.5 Å². The van der Waals surface area contributed by atoms with Crippen LogP contribution in [0.3, 0.4) is 0 Å². The highest BCUT2D eigenvalue weighted by Crippen LogP contribution is 2.21. The first-order valence-electron chi connectivity index (χ1n) is 7.51. The smallest absolute Gasteiger partial charge is 0.341 e. The van der Waals surface area contributed by atoms with Gasteiger partial charge in [0.1, 0.15) is 17.1 Å². The van der Waals surface area contributed by atoms with E-state index in [4.69, 9.17) is 9.47 Å². The van der Waals surface area contributed by atoms with Crippen molar-refractivity contribution >= 4 is 17.6 Å². The zero-order valence-corrected chi connectivity index (χ0v) is 13.4. The molecule has 1 N–H and O–H groups in total. The highest BCUT2D eigenvalue weighted by Gasteiger charge is 2.20. The second-order valence-electron chi connectivity index (χ2n) is 4.95. The Morgan fingerprint density at radius 3 is 2.50 bits per heavy atom. The third kappa shape index (κ3) is 4.32. The number of nitrogens with one attached hydrogen (secondary N) is 1. The molecule has 6 heteroatoms. The lowest BCUT2D eigenvalue weighted by Crippen LogP contribution is -2.31. The number of hydrogen-bond acceptors (Lipinski definition) is 4. The minimum absolute atomic E-state index is 0.0663. The van der Waals surface area contributed by atoms with Crippen LogP contribution in [0.1, 0.15) is 24.2 Å². The van der Waals surface area contributed by atoms with E-state index >= 15 is 0 Å². The van der Waals surface area contributed by atoms with E-state index in [2.05, 4.69) is 5.32 Å². The average Bonchev–Trinajstić information content (AvgIpc) is 2.57. The molecule has 2 aromatic rings. The molecule has 1 amide bonds. The maximum absolute atomic E-state index is 13.6. The first-order valence-corrected chi connectivity index (χ1v) is 7.51. The molecule has 2 rings (SSSR count). The Labute approximate surface area is 139 Å². The van der Waals surface area contributed by atoms with Crippen LogP contribution in [-0.2, 0) is 9.53 Å². The molecule has 0 aromatic heterocycles. The van der Waals surface area contributed by atoms with Crippen LogP contribution in [0.2, 0.25) is 0 Å². The topological polar surface area (TPSA) is 64.6 Å². The Morgan fingerprint density at radius 1 is 1.12 bits per heavy atom. The molecule has 24 heavy (non-hydrogen) atoms. The minimum atomic E-state index is -0.930. The van der Waals surface area contributed by atoms with Gasteiger partial charge in [0.25, 0.3) is 5.91 Å². The number of carbonyl (C=O) groups is 2. The van der Waals surface area contributed by atoms with E-state index in [9.17, 15) is 14.0 Å². The summed E-state index contributed by atoms with van der Waals surface area (Å²) >= 11 is 0. The molecule has 0 radical (unpaired) electrons. The fourth-order valence-electron chi connectivity index (χ4n) is 1.99. The van der Waals surface area contributed by atoms with Crippen LogP contribution in [0.5, 0.6) is 5.75 Å². The van der Waals surface area contributed by atoms with Crippen molar-refractivity contribution in [3.8, 4) is 5.75 Å². The minimum Gasteiger partial charge on any atom is -0.480 e. The van der Waals surface area contributed by atoms with Crippen LogP contribution in [0.25, 0.3) is 0 Å². The Morgan fingerprint density at radius 2 is 1.79 bits per heavy atom. The largest absolute Gasteiger partial charge is 0.480 e. The zero-order valence-electron chi connectivity index (χ0n) is 13.4. The molecule has 0 aliphatic heterocycles. The average molecular weight is 331 g/mol. The second kappa shape index (κ2) is 8.10. The molecule has 0 saturated carbocycles. The monoisotopic (exact) mass is 331 g/mol. The molecular formula is C18H18FNO4. The number of esters is 1. The lowest BCUT2D eigenvalue weighted by Gasteiger charge is -2.17. The molecule has 1 atom stereocenters. The standard InChI is InChI=1S/C18H18FNO4/c1-3-23-18(22)13-8-4-7-11-16(13)24-12(2)17(21)20-15-10-6-5-9-14(15)19/h4-12H,3H2,1-2H3,(H,20,21)/t12-/m0/s1. The van der Waals surface area contributed by atoms with Crippen molar-refractivity contribution in [1.82, 2.24) is 0 Å². The summed E-state index contributed by atoms with van der Waals surface area (Å²) < 4.78 is 24.1. The summed E-state index contributed by atoms with van der Waals surface area (Å²) in [6, 6.07) is 12.3. The number of anilines is 1. The Hall–Kier alpha value is -2.89. The number of ether oxygens (including phenoxy) is 2. The highest BCUT2D eigenvalue weighted by atomic mass is 19.1. The van der Waals surface area contributed by atoms with Gasteiger partial charge < -0.3 is 14.8 Å². The molecular weight excluding hydrogens is 313 g/mol. The summed E-state index contributed by atoms with van der Waals surface area (Å²) in [7, 11) is 0. The van der Waals surface area contributed by atoms with Crippen LogP contribution in [0.15, 0.2) is 48.5 Å². The maximum atomic E-state index is 13.6. The van der Waals surface area contributed by atoms with Gasteiger partial charge in [-0.15, -0.1) is 0 Å². The number of carbonyl (C=O) groups excluding carboxylic acids is 2. The molecule has 5 nitrogen and oxygen atoms in total. The summed E-state index contributed by atoms with van der Waals surface area (Å²) in [5.41, 5.74) is 0.293. The number of hydrogen-bond donors (Lipinski definition) is 1. The van der Waals surface area contributed by atoms with Crippen molar-refractivity contribution in [3.63, 3.8) is 0 Å². The number of benzene rings is 2. The molecule has 0 saturated heterocycles. The SMILES string of the molecule is CCOC(=O)c1ccccc1O[C@@H](C)C(=O)Nc1ccccc1F. The van der Waals surface area contributed by atoms with Gasteiger partial charge in [-0.1, -0.05) is 24.3 Å². The molecule has 0 heterocycles. The lowest BCUT2D eigenvalue weighted by atomic mass is 10.2. The second-order valence-corrected chi connectivity index (χ2v) is 4.95. The fourth-order valence-corrected chi connectivity index (χ4v) is 1.99. The summed E-state index contributed by atoms with van der Waals surface area (Å²) in [6.07, 6.45) is -0.930. The van der Waals surface area contributed by atoms with Gasteiger partial charge in [-0.25, -0.2) is 9.18 Å². The van der Waals surface area contributed by atoms with Crippen LogP contribution in [-0.4, -0.2) is 24.6 Å². The van der Waals surface area contributed by atoms with Crippen molar-refractivity contribution in [3.05, 3.63) is 59.9 Å². The normalized spacial score (nSPS) is 11.5. The van der Waals surface area contributed by atoms with Crippen molar-refractivity contribution in [1.29, 1.82) is 0 Å². The van der Waals surface area contributed by atoms with Gasteiger partial charge in [0.05, 0.1) is 12.3 Å². The fraction of sp³-hybridized carbons (Fsp3) is 0.222. The van der Waals surface area contributed by atoms with Crippen LogP contribution in [0, 0.1) is 5.82 Å². The first kappa shape index (κ1) is 17.5. The Bertz CT molecular complexity index is 732. The molecule has 0 aliphatic rings. The van der Waals surface area contributed by atoms with Gasteiger partial charge in [-0.05, 0) is 38.1 Å². The van der Waals surface area contributed by atoms with Gasteiger partial charge in [0.15, 0.2) is 6.10 Å². The van der Waals surface area contributed by atoms with E-state index in [-0.39, 0.29) is 23.6 Å². The number of para-hydroxylation sites is 2. The van der Waals surface area contributed by atoms with E-state index in [1.54, 1.807) is 37.3 Å². The highest BCUT2D eigenvalue weighted by molar-refractivity contribution is 5.95. The van der Waals surface area contributed by atoms with Gasteiger partial charge >= 0.3 is 5.97 Å². The van der Waals surface area contributed by atoms with E-state index in [1.807, 2.05) is 0 Å². The lowest BCUT2D eigenvalue weighted by molar-refractivity contribution is -0.122.